The molecule has 3 heteroatoms. The van der Waals surface area contributed by atoms with Crippen LogP contribution in [0, 0.1) is 0 Å². The summed E-state index contributed by atoms with van der Waals surface area (Å²) in [6, 6.07) is 6.09. The van der Waals surface area contributed by atoms with Gasteiger partial charge in [0.05, 0.1) is 0 Å². The molecule has 0 radical (unpaired) electrons. The third-order valence-corrected chi connectivity index (χ3v) is 3.19. The molecule has 2 rings (SSSR count). The van der Waals surface area contributed by atoms with E-state index in [1.165, 1.54) is 9.65 Å². The molecule has 0 atom stereocenters. The molecular weight excluding hydrogens is 205 g/mol. The molecule has 2 nitrogen and oxygen atoms in total. The van der Waals surface area contributed by atoms with Crippen molar-refractivity contribution in [2.75, 3.05) is 7.11 Å². The Kier molecular flexibility index (Phi) is 1.68. The number of fused-ring (bicyclic) bond motifs is 1. The summed E-state index contributed by atoms with van der Waals surface area (Å²) in [6.07, 6.45) is 1.91. The molecule has 0 fully saturated rings. The number of benzene rings is 1. The van der Waals surface area contributed by atoms with Crippen molar-refractivity contribution in [3.8, 4) is 5.75 Å². The van der Waals surface area contributed by atoms with E-state index >= 15 is 0 Å². The topological polar surface area (TPSA) is 22.1 Å². The van der Waals surface area contributed by atoms with Gasteiger partial charge >= 0.3 is 70.4 Å². The molecule has 0 N–H and O–H groups in total. The van der Waals surface area contributed by atoms with Crippen molar-refractivity contribution in [3.63, 3.8) is 0 Å². The van der Waals surface area contributed by atoms with E-state index in [2.05, 4.69) is 10.0 Å². The molecule has 56 valence electrons. The molecule has 11 heavy (non-hydrogen) atoms. The molecule has 0 unspecified atom stereocenters. The average molecular weight is 212 g/mol. The fraction of sp³-hybridized carbons (Fsp3) is 0.125. The van der Waals surface area contributed by atoms with Crippen molar-refractivity contribution in [3.05, 3.63) is 24.4 Å². The van der Waals surface area contributed by atoms with Gasteiger partial charge in [0.15, 0.2) is 0 Å². The Hall–Kier alpha value is -0.791. The van der Waals surface area contributed by atoms with Crippen molar-refractivity contribution < 1.29 is 4.74 Å². The zero-order valence-electron chi connectivity index (χ0n) is 6.07. The Morgan fingerprint density at radius 1 is 1.45 bits per heavy atom. The van der Waals surface area contributed by atoms with E-state index in [0.717, 1.165) is 5.75 Å². The summed E-state index contributed by atoms with van der Waals surface area (Å²) in [4.78, 5) is 0. The summed E-state index contributed by atoms with van der Waals surface area (Å²) in [7, 11) is 1.68. The Morgan fingerprint density at radius 3 is 3.18 bits per heavy atom. The molecule has 0 aliphatic heterocycles. The van der Waals surface area contributed by atoms with E-state index < -0.39 is 0 Å². The Labute approximate surface area is 70.8 Å². The minimum atomic E-state index is 0.307. The van der Waals surface area contributed by atoms with Crippen LogP contribution in [0.25, 0.3) is 9.65 Å². The van der Waals surface area contributed by atoms with Crippen LogP contribution >= 0.6 is 0 Å². The number of ether oxygens (including phenoxy) is 1. The van der Waals surface area contributed by atoms with Gasteiger partial charge in [0.25, 0.3) is 0 Å². The number of rotatable bonds is 1. The molecule has 0 spiro atoms. The number of methoxy groups -OCH3 is 1. The van der Waals surface area contributed by atoms with Gasteiger partial charge in [-0.2, -0.15) is 0 Å². The van der Waals surface area contributed by atoms with Crippen molar-refractivity contribution in [2.45, 2.75) is 0 Å². The fourth-order valence-electron chi connectivity index (χ4n) is 0.977. The first-order valence-corrected chi connectivity index (χ1v) is 4.91. The molecule has 1 aromatic carbocycles. The van der Waals surface area contributed by atoms with Gasteiger partial charge in [0, 0.05) is 0 Å². The summed E-state index contributed by atoms with van der Waals surface area (Å²) in [5, 5.41) is 1.21. The molecule has 0 bridgehead atoms. The molecule has 1 aromatic heterocycles. The van der Waals surface area contributed by atoms with E-state index in [4.69, 9.17) is 4.74 Å². The zero-order valence-corrected chi connectivity index (χ0v) is 7.79. The summed E-state index contributed by atoms with van der Waals surface area (Å²) in [5.74, 6) is 0.910. The Bertz CT molecular complexity index is 369. The van der Waals surface area contributed by atoms with Crippen LogP contribution in [0.15, 0.2) is 24.4 Å². The first-order valence-electron chi connectivity index (χ1n) is 3.28. The average Bonchev–Trinajstić information content (AvgIpc) is 2.50. The molecule has 1 heterocycles. The SMILES string of the molecule is COc1ccc2[se]ncc2c1. The Morgan fingerprint density at radius 2 is 2.36 bits per heavy atom. The predicted molar refractivity (Wildman–Crippen MR) is 45.2 cm³/mol. The number of nitrogens with zero attached hydrogens (tertiary/aromatic N) is 1. The summed E-state index contributed by atoms with van der Waals surface area (Å²) in [6.45, 7) is 0. The third kappa shape index (κ3) is 1.17. The van der Waals surface area contributed by atoms with Crippen LogP contribution in [-0.2, 0) is 0 Å². The normalized spacial score (nSPS) is 10.3. The van der Waals surface area contributed by atoms with Crippen LogP contribution in [0.4, 0.5) is 0 Å². The Balaban J connectivity index is 2.67. The molecule has 0 saturated heterocycles. The number of aromatic nitrogens is 1. The number of hydrogen-bond acceptors (Lipinski definition) is 2. The molecule has 0 aliphatic carbocycles. The summed E-state index contributed by atoms with van der Waals surface area (Å²) < 4.78 is 10.6. The second-order valence-electron chi connectivity index (χ2n) is 2.23. The maximum atomic E-state index is 5.08. The van der Waals surface area contributed by atoms with E-state index in [1.54, 1.807) is 7.11 Å². The molecule has 0 aliphatic rings. The van der Waals surface area contributed by atoms with Gasteiger partial charge in [-0.15, -0.1) is 0 Å². The van der Waals surface area contributed by atoms with Crippen molar-refractivity contribution in [1.82, 2.24) is 3.98 Å². The van der Waals surface area contributed by atoms with E-state index in [0.29, 0.717) is 14.7 Å². The molecule has 2 aromatic rings. The van der Waals surface area contributed by atoms with Crippen LogP contribution < -0.4 is 4.74 Å². The molecule has 0 saturated carbocycles. The van der Waals surface area contributed by atoms with Crippen LogP contribution in [-0.4, -0.2) is 25.8 Å². The van der Waals surface area contributed by atoms with E-state index in [9.17, 15) is 0 Å². The summed E-state index contributed by atoms with van der Waals surface area (Å²) in [5.41, 5.74) is 0. The van der Waals surface area contributed by atoms with E-state index in [-0.39, 0.29) is 0 Å². The van der Waals surface area contributed by atoms with Crippen molar-refractivity contribution >= 4 is 24.4 Å². The van der Waals surface area contributed by atoms with Crippen molar-refractivity contribution in [2.24, 2.45) is 0 Å². The van der Waals surface area contributed by atoms with Gasteiger partial charge in [-0.3, -0.25) is 0 Å². The third-order valence-electron chi connectivity index (χ3n) is 1.56. The van der Waals surface area contributed by atoms with Crippen LogP contribution in [0.2, 0.25) is 0 Å². The van der Waals surface area contributed by atoms with Crippen LogP contribution in [0.5, 0.6) is 5.75 Å². The summed E-state index contributed by atoms with van der Waals surface area (Å²) >= 11 is 0.307. The fourth-order valence-corrected chi connectivity index (χ4v) is 2.29. The monoisotopic (exact) mass is 213 g/mol. The first kappa shape index (κ1) is 6.89. The zero-order chi connectivity index (χ0) is 7.68. The van der Waals surface area contributed by atoms with Gasteiger partial charge in [0.1, 0.15) is 0 Å². The van der Waals surface area contributed by atoms with Gasteiger partial charge in [0.2, 0.25) is 0 Å². The molecular formula is C8H7NOSe. The van der Waals surface area contributed by atoms with Gasteiger partial charge in [-0.05, 0) is 0 Å². The number of hydrogen-bond donors (Lipinski definition) is 0. The van der Waals surface area contributed by atoms with Gasteiger partial charge < -0.3 is 0 Å². The van der Waals surface area contributed by atoms with E-state index in [1.807, 2.05) is 18.3 Å². The molecule has 0 amide bonds. The predicted octanol–water partition coefficient (Wildman–Crippen LogP) is 1.30. The minimum absolute atomic E-state index is 0.307. The quantitative estimate of drug-likeness (QED) is 0.664. The maximum absolute atomic E-state index is 5.08. The van der Waals surface area contributed by atoms with Crippen molar-refractivity contribution in [1.29, 1.82) is 0 Å². The van der Waals surface area contributed by atoms with Gasteiger partial charge in [-0.25, -0.2) is 0 Å². The van der Waals surface area contributed by atoms with Crippen LogP contribution in [0.3, 0.4) is 0 Å². The standard InChI is InChI=1S/C8H7NOSe/c1-10-7-2-3-8-6(4-7)5-9-11-8/h2-5H,1H3. The first-order chi connectivity index (χ1) is 5.40. The second kappa shape index (κ2) is 2.68. The van der Waals surface area contributed by atoms with Crippen LogP contribution in [0.1, 0.15) is 0 Å². The van der Waals surface area contributed by atoms with Gasteiger partial charge in [-0.1, -0.05) is 0 Å². The second-order valence-corrected chi connectivity index (χ2v) is 3.98.